The molecule has 3 amide bonds. The topological polar surface area (TPSA) is 128 Å². The van der Waals surface area contributed by atoms with Crippen molar-refractivity contribution < 1.29 is 23.9 Å². The number of hydrogen-bond donors (Lipinski definition) is 3. The van der Waals surface area contributed by atoms with Crippen molar-refractivity contribution in [2.24, 2.45) is 5.73 Å². The molecule has 0 fully saturated rings. The van der Waals surface area contributed by atoms with Crippen LogP contribution < -0.4 is 16.4 Å². The van der Waals surface area contributed by atoms with Gasteiger partial charge in [0.2, 0.25) is 11.8 Å². The Morgan fingerprint density at radius 1 is 1.11 bits per heavy atom. The molecule has 1 aliphatic heterocycles. The van der Waals surface area contributed by atoms with Crippen LogP contribution in [-0.4, -0.2) is 35.5 Å². The number of para-hydroxylation sites is 1. The van der Waals surface area contributed by atoms with E-state index in [2.05, 4.69) is 10.6 Å². The second kappa shape index (κ2) is 8.57. The number of ether oxygens (including phenoxy) is 1. The molecule has 0 unspecified atom stereocenters. The summed E-state index contributed by atoms with van der Waals surface area (Å²) in [6.07, 6.45) is -0.147. The summed E-state index contributed by atoms with van der Waals surface area (Å²) in [5, 5.41) is 4.66. The molecule has 9 heteroatoms. The Balaban J connectivity index is 1.47. The number of primary amides is 1. The van der Waals surface area contributed by atoms with Gasteiger partial charge in [-0.15, -0.1) is 11.8 Å². The Morgan fingerprint density at radius 2 is 1.82 bits per heavy atom. The van der Waals surface area contributed by atoms with Crippen molar-refractivity contribution in [3.05, 3.63) is 54.1 Å². The van der Waals surface area contributed by atoms with E-state index in [1.165, 1.54) is 36.0 Å². The molecule has 1 heterocycles. The second-order valence-electron chi connectivity index (χ2n) is 5.95. The van der Waals surface area contributed by atoms with Crippen LogP contribution in [-0.2, 0) is 19.1 Å². The molecule has 0 saturated heterocycles. The van der Waals surface area contributed by atoms with Gasteiger partial charge in [0.25, 0.3) is 5.91 Å². The van der Waals surface area contributed by atoms with Crippen molar-refractivity contribution in [3.63, 3.8) is 0 Å². The molecule has 1 atom stereocenters. The first kappa shape index (κ1) is 19.4. The number of anilines is 2. The Kier molecular flexibility index (Phi) is 5.95. The molecule has 0 bridgehead atoms. The quantitative estimate of drug-likeness (QED) is 0.635. The van der Waals surface area contributed by atoms with Crippen LogP contribution >= 0.6 is 11.8 Å². The fraction of sp³-hybridized carbons (Fsp3) is 0.158. The zero-order valence-electron chi connectivity index (χ0n) is 14.6. The maximum atomic E-state index is 12.1. The molecule has 2 aromatic rings. The highest BCUT2D eigenvalue weighted by Gasteiger charge is 2.29. The molecule has 0 spiro atoms. The summed E-state index contributed by atoms with van der Waals surface area (Å²) >= 11 is 1.28. The highest BCUT2D eigenvalue weighted by molar-refractivity contribution is 8.01. The maximum Gasteiger partial charge on any atom is 0.307 e. The van der Waals surface area contributed by atoms with Crippen LogP contribution in [0.15, 0.2) is 53.4 Å². The van der Waals surface area contributed by atoms with Gasteiger partial charge in [0.1, 0.15) is 0 Å². The Labute approximate surface area is 164 Å². The predicted molar refractivity (Wildman–Crippen MR) is 104 cm³/mol. The molecule has 8 nitrogen and oxygen atoms in total. The van der Waals surface area contributed by atoms with Gasteiger partial charge in [-0.05, 0) is 36.4 Å². The minimum atomic E-state index is -0.647. The lowest BCUT2D eigenvalue weighted by Crippen LogP contribution is -2.32. The maximum absolute atomic E-state index is 12.1. The zero-order valence-corrected chi connectivity index (χ0v) is 15.5. The molecular formula is C19H17N3O5S. The van der Waals surface area contributed by atoms with E-state index in [0.717, 1.165) is 4.90 Å². The van der Waals surface area contributed by atoms with Crippen molar-refractivity contribution in [2.45, 2.75) is 16.6 Å². The molecule has 0 aromatic heterocycles. The van der Waals surface area contributed by atoms with Gasteiger partial charge in [0.05, 0.1) is 17.4 Å². The number of nitrogens with one attached hydrogen (secondary N) is 2. The summed E-state index contributed by atoms with van der Waals surface area (Å²) in [6.45, 7) is -0.480. The van der Waals surface area contributed by atoms with Crippen LogP contribution in [0.2, 0.25) is 0 Å². The molecule has 28 heavy (non-hydrogen) atoms. The highest BCUT2D eigenvalue weighted by atomic mass is 32.2. The summed E-state index contributed by atoms with van der Waals surface area (Å²) in [4.78, 5) is 47.9. The zero-order chi connectivity index (χ0) is 20.1. The molecule has 4 N–H and O–H groups in total. The van der Waals surface area contributed by atoms with E-state index in [9.17, 15) is 19.2 Å². The first-order valence-electron chi connectivity index (χ1n) is 8.34. The van der Waals surface area contributed by atoms with E-state index in [0.29, 0.717) is 16.9 Å². The molecule has 1 aliphatic rings. The second-order valence-corrected chi connectivity index (χ2v) is 7.19. The van der Waals surface area contributed by atoms with Crippen molar-refractivity contribution in [2.75, 3.05) is 17.2 Å². The standard InChI is InChI=1S/C19H17N3O5S/c20-18(25)11-5-7-12(8-6-11)21-16(23)10-27-17(24)9-15-19(26)22-13-3-1-2-4-14(13)28-15/h1-8,15H,9-10H2,(H2,20,25)(H,21,23)(H,22,26)/t15-/m0/s1. The van der Waals surface area contributed by atoms with Gasteiger partial charge in [-0.3, -0.25) is 19.2 Å². The van der Waals surface area contributed by atoms with Crippen molar-refractivity contribution in [1.29, 1.82) is 0 Å². The van der Waals surface area contributed by atoms with Crippen molar-refractivity contribution in [1.82, 2.24) is 0 Å². The third-order valence-electron chi connectivity index (χ3n) is 3.88. The molecule has 144 valence electrons. The molecular weight excluding hydrogens is 382 g/mol. The minimum Gasteiger partial charge on any atom is -0.456 e. The van der Waals surface area contributed by atoms with Crippen LogP contribution in [0, 0.1) is 0 Å². The summed E-state index contributed by atoms with van der Waals surface area (Å²) in [7, 11) is 0. The van der Waals surface area contributed by atoms with E-state index >= 15 is 0 Å². The summed E-state index contributed by atoms with van der Waals surface area (Å²) < 4.78 is 4.96. The van der Waals surface area contributed by atoms with E-state index in [4.69, 9.17) is 10.5 Å². The molecule has 0 radical (unpaired) electrons. The molecule has 0 aliphatic carbocycles. The summed E-state index contributed by atoms with van der Waals surface area (Å²) in [5.41, 5.74) is 6.61. The third kappa shape index (κ3) is 4.89. The van der Waals surface area contributed by atoms with Gasteiger partial charge in [-0.2, -0.15) is 0 Å². The van der Waals surface area contributed by atoms with Crippen LogP contribution in [0.4, 0.5) is 11.4 Å². The molecule has 3 rings (SSSR count). The minimum absolute atomic E-state index is 0.147. The van der Waals surface area contributed by atoms with Crippen LogP contribution in [0.5, 0.6) is 0 Å². The van der Waals surface area contributed by atoms with E-state index < -0.39 is 29.6 Å². The van der Waals surface area contributed by atoms with Crippen LogP contribution in [0.1, 0.15) is 16.8 Å². The lowest BCUT2D eigenvalue weighted by atomic mass is 10.2. The third-order valence-corrected chi connectivity index (χ3v) is 5.15. The smallest absolute Gasteiger partial charge is 0.307 e. The lowest BCUT2D eigenvalue weighted by molar-refractivity contribution is -0.147. The van der Waals surface area contributed by atoms with Crippen molar-refractivity contribution in [3.8, 4) is 0 Å². The average Bonchev–Trinajstić information content (AvgIpc) is 2.67. The van der Waals surface area contributed by atoms with E-state index in [-0.39, 0.29) is 12.3 Å². The van der Waals surface area contributed by atoms with E-state index in [1.807, 2.05) is 18.2 Å². The van der Waals surface area contributed by atoms with Gasteiger partial charge in [-0.1, -0.05) is 12.1 Å². The lowest BCUT2D eigenvalue weighted by Gasteiger charge is -2.23. The fourth-order valence-corrected chi connectivity index (χ4v) is 3.59. The average molecular weight is 399 g/mol. The largest absolute Gasteiger partial charge is 0.456 e. The van der Waals surface area contributed by atoms with Gasteiger partial charge in [0.15, 0.2) is 6.61 Å². The van der Waals surface area contributed by atoms with E-state index in [1.54, 1.807) is 6.07 Å². The summed E-state index contributed by atoms with van der Waals surface area (Å²) in [6, 6.07) is 13.3. The first-order chi connectivity index (χ1) is 13.4. The number of nitrogens with two attached hydrogens (primary N) is 1. The number of hydrogen-bond acceptors (Lipinski definition) is 6. The Bertz CT molecular complexity index is 929. The summed E-state index contributed by atoms with van der Waals surface area (Å²) in [5.74, 6) is -2.03. The monoisotopic (exact) mass is 399 g/mol. The highest BCUT2D eigenvalue weighted by Crippen LogP contribution is 2.36. The normalized spacial score (nSPS) is 15.1. The molecule has 2 aromatic carbocycles. The van der Waals surface area contributed by atoms with Crippen LogP contribution in [0.25, 0.3) is 0 Å². The number of carbonyl (C=O) groups is 4. The number of benzene rings is 2. The number of rotatable bonds is 6. The van der Waals surface area contributed by atoms with Crippen LogP contribution in [0.3, 0.4) is 0 Å². The number of thioether (sulfide) groups is 1. The first-order valence-corrected chi connectivity index (χ1v) is 9.22. The Hall–Kier alpha value is -3.33. The van der Waals surface area contributed by atoms with Gasteiger partial charge >= 0.3 is 5.97 Å². The number of amides is 3. The van der Waals surface area contributed by atoms with Gasteiger partial charge in [-0.25, -0.2) is 0 Å². The SMILES string of the molecule is NC(=O)c1ccc(NC(=O)COC(=O)C[C@@H]2Sc3ccccc3NC2=O)cc1. The number of carbonyl (C=O) groups excluding carboxylic acids is 4. The molecule has 0 saturated carbocycles. The number of fused-ring (bicyclic) bond motifs is 1. The fourth-order valence-electron chi connectivity index (χ4n) is 2.50. The number of esters is 1. The Morgan fingerprint density at radius 3 is 2.54 bits per heavy atom. The van der Waals surface area contributed by atoms with Gasteiger partial charge < -0.3 is 21.1 Å². The van der Waals surface area contributed by atoms with Crippen molar-refractivity contribution >= 4 is 46.8 Å². The predicted octanol–water partition coefficient (Wildman–Crippen LogP) is 1.77. The van der Waals surface area contributed by atoms with Gasteiger partial charge in [0, 0.05) is 16.1 Å².